The molecule has 0 saturated carbocycles. The van der Waals surface area contributed by atoms with Gasteiger partial charge in [-0.05, 0) is 30.2 Å². The van der Waals surface area contributed by atoms with Crippen LogP contribution >= 0.6 is 11.3 Å². The highest BCUT2D eigenvalue weighted by Crippen LogP contribution is 2.30. The van der Waals surface area contributed by atoms with Gasteiger partial charge in [0.25, 0.3) is 0 Å². The summed E-state index contributed by atoms with van der Waals surface area (Å²) in [6.45, 7) is 1.94. The molecule has 0 amide bonds. The Balaban J connectivity index is 2.03. The van der Waals surface area contributed by atoms with E-state index >= 15 is 0 Å². The van der Waals surface area contributed by atoms with E-state index in [-0.39, 0.29) is 11.2 Å². The Hall–Kier alpha value is -2.66. The van der Waals surface area contributed by atoms with Crippen molar-refractivity contribution in [3.05, 3.63) is 58.4 Å². The molecule has 4 rings (SSSR count). The van der Waals surface area contributed by atoms with Gasteiger partial charge in [-0.1, -0.05) is 19.1 Å². The zero-order chi connectivity index (χ0) is 16.0. The fourth-order valence-electron chi connectivity index (χ4n) is 2.73. The van der Waals surface area contributed by atoms with E-state index in [9.17, 15) is 9.90 Å². The molecule has 2 heterocycles. The number of benzene rings is 2. The summed E-state index contributed by atoms with van der Waals surface area (Å²) in [6, 6.07) is 10.9. The van der Waals surface area contributed by atoms with Crippen molar-refractivity contribution in [3.8, 4) is 16.3 Å². The maximum atomic E-state index is 12.9. The van der Waals surface area contributed by atoms with Crippen molar-refractivity contribution in [2.24, 2.45) is 0 Å². The van der Waals surface area contributed by atoms with Gasteiger partial charge in [0.1, 0.15) is 22.6 Å². The number of rotatable bonds is 2. The average molecular weight is 323 g/mol. The zero-order valence-electron chi connectivity index (χ0n) is 12.4. The SMILES string of the molecule is CCc1cc(O)cc2occ(-c3nc4ccccc4s3)c(=O)c12. The molecule has 114 valence electrons. The van der Waals surface area contributed by atoms with Crippen LogP contribution in [0.2, 0.25) is 0 Å². The third kappa shape index (κ3) is 2.21. The van der Waals surface area contributed by atoms with E-state index in [4.69, 9.17) is 4.42 Å². The molecule has 0 aliphatic carbocycles. The van der Waals surface area contributed by atoms with Gasteiger partial charge in [0.05, 0.1) is 21.2 Å². The summed E-state index contributed by atoms with van der Waals surface area (Å²) in [4.78, 5) is 17.5. The molecule has 5 heteroatoms. The molecule has 0 aliphatic heterocycles. The van der Waals surface area contributed by atoms with E-state index in [1.807, 2.05) is 31.2 Å². The number of para-hydroxylation sites is 1. The second-order valence-electron chi connectivity index (χ2n) is 5.30. The number of nitrogens with zero attached hydrogens (tertiary/aromatic N) is 1. The highest BCUT2D eigenvalue weighted by molar-refractivity contribution is 7.21. The Bertz CT molecular complexity index is 1060. The Kier molecular flexibility index (Phi) is 3.16. The van der Waals surface area contributed by atoms with Crippen molar-refractivity contribution in [1.82, 2.24) is 4.98 Å². The second kappa shape index (κ2) is 5.21. The van der Waals surface area contributed by atoms with Gasteiger partial charge in [0.15, 0.2) is 0 Å². The molecule has 0 radical (unpaired) electrons. The van der Waals surface area contributed by atoms with Crippen molar-refractivity contribution < 1.29 is 9.52 Å². The van der Waals surface area contributed by atoms with Gasteiger partial charge >= 0.3 is 0 Å². The number of aryl methyl sites for hydroxylation is 1. The molecule has 2 aromatic carbocycles. The Labute approximate surface area is 135 Å². The number of hydrogen-bond acceptors (Lipinski definition) is 5. The number of thiazole rings is 1. The van der Waals surface area contributed by atoms with E-state index in [1.54, 1.807) is 6.07 Å². The molecule has 0 atom stereocenters. The predicted molar refractivity (Wildman–Crippen MR) is 92.1 cm³/mol. The lowest BCUT2D eigenvalue weighted by atomic mass is 10.0. The highest BCUT2D eigenvalue weighted by Gasteiger charge is 2.16. The predicted octanol–water partition coefficient (Wildman–Crippen LogP) is 4.34. The van der Waals surface area contributed by atoms with Crippen molar-refractivity contribution in [3.63, 3.8) is 0 Å². The standard InChI is InChI=1S/C18H13NO3S/c1-2-10-7-11(20)8-14-16(10)17(21)12(9-22-14)18-19-13-5-3-4-6-15(13)23-18/h3-9,20H,2H2,1H3. The topological polar surface area (TPSA) is 63.3 Å². The van der Waals surface area contributed by atoms with Crippen LogP contribution in [0.5, 0.6) is 5.75 Å². The number of phenols is 1. The van der Waals surface area contributed by atoms with Crippen molar-refractivity contribution >= 4 is 32.5 Å². The molecule has 4 nitrogen and oxygen atoms in total. The van der Waals surface area contributed by atoms with Crippen LogP contribution in [0, 0.1) is 0 Å². The third-order valence-electron chi connectivity index (χ3n) is 3.85. The molecular formula is C18H13NO3S. The zero-order valence-corrected chi connectivity index (χ0v) is 13.2. The molecule has 0 unspecified atom stereocenters. The van der Waals surface area contributed by atoms with Crippen LogP contribution in [0.15, 0.2) is 51.9 Å². The van der Waals surface area contributed by atoms with E-state index in [2.05, 4.69) is 4.98 Å². The minimum atomic E-state index is -0.109. The molecule has 0 bridgehead atoms. The van der Waals surface area contributed by atoms with Crippen LogP contribution in [0.1, 0.15) is 12.5 Å². The summed E-state index contributed by atoms with van der Waals surface area (Å²) >= 11 is 1.47. The normalized spacial score (nSPS) is 11.3. The number of aromatic nitrogens is 1. The lowest BCUT2D eigenvalue weighted by molar-refractivity contribution is 0.473. The molecule has 0 fully saturated rings. The summed E-state index contributed by atoms with van der Waals surface area (Å²) in [5, 5.41) is 10.9. The van der Waals surface area contributed by atoms with Gasteiger partial charge in [-0.2, -0.15) is 0 Å². The van der Waals surface area contributed by atoms with Crippen LogP contribution in [-0.4, -0.2) is 10.1 Å². The van der Waals surface area contributed by atoms with Gasteiger partial charge < -0.3 is 9.52 Å². The summed E-state index contributed by atoms with van der Waals surface area (Å²) in [5.41, 5.74) is 2.39. The first-order valence-corrected chi connectivity index (χ1v) is 8.12. The van der Waals surface area contributed by atoms with E-state index in [1.165, 1.54) is 23.7 Å². The lowest BCUT2D eigenvalue weighted by Gasteiger charge is -2.05. The molecular weight excluding hydrogens is 310 g/mol. The van der Waals surface area contributed by atoms with Crippen LogP contribution in [0.25, 0.3) is 31.8 Å². The fourth-order valence-corrected chi connectivity index (χ4v) is 3.70. The van der Waals surface area contributed by atoms with Gasteiger partial charge in [-0.3, -0.25) is 4.79 Å². The first-order valence-electron chi connectivity index (χ1n) is 7.30. The maximum Gasteiger partial charge on any atom is 0.203 e. The van der Waals surface area contributed by atoms with Gasteiger partial charge in [-0.25, -0.2) is 4.98 Å². The number of aromatic hydroxyl groups is 1. The summed E-state index contributed by atoms with van der Waals surface area (Å²) in [6.07, 6.45) is 2.07. The maximum absolute atomic E-state index is 12.9. The Morgan fingerprint density at radius 3 is 2.87 bits per heavy atom. The molecule has 23 heavy (non-hydrogen) atoms. The molecule has 0 aliphatic rings. The third-order valence-corrected chi connectivity index (χ3v) is 4.92. The van der Waals surface area contributed by atoms with E-state index in [0.29, 0.717) is 28.0 Å². The van der Waals surface area contributed by atoms with E-state index in [0.717, 1.165) is 15.8 Å². The fraction of sp³-hybridized carbons (Fsp3) is 0.111. The van der Waals surface area contributed by atoms with Crippen LogP contribution in [0.4, 0.5) is 0 Å². The Morgan fingerprint density at radius 2 is 2.09 bits per heavy atom. The highest BCUT2D eigenvalue weighted by atomic mass is 32.1. The van der Waals surface area contributed by atoms with Gasteiger partial charge in [0, 0.05) is 6.07 Å². The van der Waals surface area contributed by atoms with Crippen molar-refractivity contribution in [1.29, 1.82) is 0 Å². The summed E-state index contributed by atoms with van der Waals surface area (Å²) in [7, 11) is 0. The monoisotopic (exact) mass is 323 g/mol. The van der Waals surface area contributed by atoms with Gasteiger partial charge in [-0.15, -0.1) is 11.3 Å². The number of phenolic OH excluding ortho intramolecular Hbond substituents is 1. The molecule has 2 aromatic heterocycles. The minimum absolute atomic E-state index is 0.102. The average Bonchev–Trinajstić information content (AvgIpc) is 2.97. The van der Waals surface area contributed by atoms with Crippen LogP contribution in [0.3, 0.4) is 0 Å². The second-order valence-corrected chi connectivity index (χ2v) is 6.33. The largest absolute Gasteiger partial charge is 0.508 e. The molecule has 1 N–H and O–H groups in total. The molecule has 0 spiro atoms. The quantitative estimate of drug-likeness (QED) is 0.596. The smallest absolute Gasteiger partial charge is 0.203 e. The molecule has 0 saturated heterocycles. The van der Waals surface area contributed by atoms with Crippen LogP contribution < -0.4 is 5.43 Å². The van der Waals surface area contributed by atoms with Crippen molar-refractivity contribution in [2.45, 2.75) is 13.3 Å². The lowest BCUT2D eigenvalue weighted by Crippen LogP contribution is -2.07. The minimum Gasteiger partial charge on any atom is -0.508 e. The molecule has 4 aromatic rings. The summed E-state index contributed by atoms with van der Waals surface area (Å²) in [5.74, 6) is 0.102. The van der Waals surface area contributed by atoms with Crippen LogP contribution in [-0.2, 0) is 6.42 Å². The summed E-state index contributed by atoms with van der Waals surface area (Å²) < 4.78 is 6.63. The van der Waals surface area contributed by atoms with Crippen molar-refractivity contribution in [2.75, 3.05) is 0 Å². The van der Waals surface area contributed by atoms with Gasteiger partial charge in [0.2, 0.25) is 5.43 Å². The first kappa shape index (κ1) is 14.0. The Morgan fingerprint density at radius 1 is 1.26 bits per heavy atom. The van der Waals surface area contributed by atoms with E-state index < -0.39 is 0 Å². The number of fused-ring (bicyclic) bond motifs is 2. The first-order chi connectivity index (χ1) is 11.2. The number of hydrogen-bond donors (Lipinski definition) is 1.